The van der Waals surface area contributed by atoms with Gasteiger partial charge >= 0.3 is 5.38 Å². The van der Waals surface area contributed by atoms with Gasteiger partial charge in [0.25, 0.3) is 0 Å². The summed E-state index contributed by atoms with van der Waals surface area (Å²) < 4.78 is 31.3. The summed E-state index contributed by atoms with van der Waals surface area (Å²) in [7, 11) is 0. The third kappa shape index (κ3) is 4.11. The van der Waals surface area contributed by atoms with Crippen molar-refractivity contribution in [1.82, 2.24) is 5.43 Å². The third-order valence-electron chi connectivity index (χ3n) is 2.08. The summed E-state index contributed by atoms with van der Waals surface area (Å²) in [5.41, 5.74) is 2.29. The maximum absolute atomic E-state index is 13.0. The van der Waals surface area contributed by atoms with E-state index in [4.69, 9.17) is 22.2 Å². The molecule has 1 aromatic carbocycles. The molecule has 96 valence electrons. The van der Waals surface area contributed by atoms with Crippen molar-refractivity contribution in [2.24, 2.45) is 5.84 Å². The van der Waals surface area contributed by atoms with Gasteiger partial charge in [-0.2, -0.15) is 8.78 Å². The highest BCUT2D eigenvalue weighted by Gasteiger charge is 2.37. The van der Waals surface area contributed by atoms with E-state index in [-0.39, 0.29) is 6.10 Å². The lowest BCUT2D eigenvalue weighted by molar-refractivity contribution is 0.0497. The van der Waals surface area contributed by atoms with Gasteiger partial charge in [-0.25, -0.2) is 5.43 Å². The van der Waals surface area contributed by atoms with E-state index in [0.717, 1.165) is 0 Å². The van der Waals surface area contributed by atoms with Crippen LogP contribution in [-0.2, 0) is 0 Å². The second kappa shape index (κ2) is 5.62. The normalized spacial score (nSPS) is 13.8. The van der Waals surface area contributed by atoms with Crippen molar-refractivity contribution in [3.05, 3.63) is 29.8 Å². The minimum atomic E-state index is -3.45. The monoisotopic (exact) mass is 264 g/mol. The number of nitrogens with one attached hydrogen (secondary N) is 1. The molecule has 0 saturated carbocycles. The Morgan fingerprint density at radius 1 is 1.29 bits per heavy atom. The Bertz CT molecular complexity index is 351. The van der Waals surface area contributed by atoms with Crippen molar-refractivity contribution in [1.29, 1.82) is 0 Å². The van der Waals surface area contributed by atoms with Crippen LogP contribution < -0.4 is 16.0 Å². The van der Waals surface area contributed by atoms with E-state index in [9.17, 15) is 8.78 Å². The average Bonchev–Trinajstić information content (AvgIpc) is 2.18. The van der Waals surface area contributed by atoms with Gasteiger partial charge in [0.05, 0.1) is 6.10 Å². The van der Waals surface area contributed by atoms with Gasteiger partial charge in [0.2, 0.25) is 0 Å². The van der Waals surface area contributed by atoms with Crippen molar-refractivity contribution < 1.29 is 13.5 Å². The minimum Gasteiger partial charge on any atom is -0.491 e. The number of benzene rings is 1. The number of hydrogen-bond donors (Lipinski definition) is 2. The predicted octanol–water partition coefficient (Wildman–Crippen LogP) is 2.81. The van der Waals surface area contributed by atoms with E-state index >= 15 is 0 Å². The molecule has 17 heavy (non-hydrogen) atoms. The molecule has 1 unspecified atom stereocenters. The SMILES string of the molecule is CC(C)Oc1ccc(C(NN)C(F)(F)Cl)cc1. The molecule has 0 amide bonds. The molecule has 0 spiro atoms. The van der Waals surface area contributed by atoms with Gasteiger partial charge in [0, 0.05) is 0 Å². The van der Waals surface area contributed by atoms with Crippen molar-refractivity contribution in [2.75, 3.05) is 0 Å². The summed E-state index contributed by atoms with van der Waals surface area (Å²) in [5.74, 6) is 5.67. The number of alkyl halides is 3. The van der Waals surface area contributed by atoms with Gasteiger partial charge < -0.3 is 4.74 Å². The largest absolute Gasteiger partial charge is 0.491 e. The van der Waals surface area contributed by atoms with E-state index in [0.29, 0.717) is 11.3 Å². The summed E-state index contributed by atoms with van der Waals surface area (Å²) >= 11 is 4.95. The van der Waals surface area contributed by atoms with Crippen LogP contribution in [-0.4, -0.2) is 11.5 Å². The van der Waals surface area contributed by atoms with Crippen LogP contribution in [0.15, 0.2) is 24.3 Å². The van der Waals surface area contributed by atoms with Crippen molar-refractivity contribution in [3.8, 4) is 5.75 Å². The highest BCUT2D eigenvalue weighted by molar-refractivity contribution is 6.22. The molecule has 0 fully saturated rings. The molecular formula is C11H15ClF2N2O. The van der Waals surface area contributed by atoms with E-state index in [1.807, 2.05) is 19.3 Å². The first-order chi connectivity index (χ1) is 7.84. The molecule has 0 aliphatic heterocycles. The molecule has 3 nitrogen and oxygen atoms in total. The summed E-state index contributed by atoms with van der Waals surface area (Å²) in [5, 5.41) is -3.45. The molecule has 1 atom stereocenters. The minimum absolute atomic E-state index is 0.0266. The Labute approximate surface area is 104 Å². The predicted molar refractivity (Wildman–Crippen MR) is 63.1 cm³/mol. The fourth-order valence-corrected chi connectivity index (χ4v) is 1.58. The second-order valence-corrected chi connectivity index (χ2v) is 4.38. The number of halogens is 3. The molecule has 0 aliphatic rings. The van der Waals surface area contributed by atoms with Crippen LogP contribution in [0.2, 0.25) is 0 Å². The highest BCUT2D eigenvalue weighted by Crippen LogP contribution is 2.34. The summed E-state index contributed by atoms with van der Waals surface area (Å²) in [6.45, 7) is 3.76. The van der Waals surface area contributed by atoms with Crippen LogP contribution in [0, 0.1) is 0 Å². The van der Waals surface area contributed by atoms with Gasteiger partial charge in [0.1, 0.15) is 11.8 Å². The fourth-order valence-electron chi connectivity index (χ4n) is 1.39. The lowest BCUT2D eigenvalue weighted by atomic mass is 10.1. The first-order valence-electron chi connectivity index (χ1n) is 5.14. The number of hydrazine groups is 1. The first-order valence-corrected chi connectivity index (χ1v) is 5.52. The summed E-state index contributed by atoms with van der Waals surface area (Å²) in [6.07, 6.45) is 0.0266. The van der Waals surface area contributed by atoms with E-state index in [2.05, 4.69) is 0 Å². The molecule has 0 heterocycles. The lowest BCUT2D eigenvalue weighted by Crippen LogP contribution is -2.37. The molecule has 1 rings (SSSR count). The standard InChI is InChI=1S/C11H15ClF2N2O/c1-7(2)17-9-5-3-8(4-6-9)10(16-15)11(12,13)14/h3-7,10,16H,15H2,1-2H3. The van der Waals surface area contributed by atoms with Crippen LogP contribution in [0.1, 0.15) is 25.5 Å². The van der Waals surface area contributed by atoms with Gasteiger partial charge in [-0.1, -0.05) is 12.1 Å². The van der Waals surface area contributed by atoms with Crippen LogP contribution >= 0.6 is 11.6 Å². The molecule has 0 aromatic heterocycles. The molecule has 3 N–H and O–H groups in total. The Morgan fingerprint density at radius 3 is 2.18 bits per heavy atom. The zero-order valence-electron chi connectivity index (χ0n) is 9.58. The Kier molecular flexibility index (Phi) is 4.68. The topological polar surface area (TPSA) is 47.3 Å². The number of ether oxygens (including phenoxy) is 1. The fraction of sp³-hybridized carbons (Fsp3) is 0.455. The van der Waals surface area contributed by atoms with Gasteiger partial charge in [-0.15, -0.1) is 0 Å². The van der Waals surface area contributed by atoms with E-state index in [1.165, 1.54) is 12.1 Å². The molecular weight excluding hydrogens is 250 g/mol. The zero-order valence-corrected chi connectivity index (χ0v) is 10.3. The first kappa shape index (κ1) is 14.2. The number of nitrogens with two attached hydrogens (primary N) is 1. The van der Waals surface area contributed by atoms with Gasteiger partial charge in [0.15, 0.2) is 0 Å². The average molecular weight is 265 g/mol. The second-order valence-electron chi connectivity index (χ2n) is 3.88. The van der Waals surface area contributed by atoms with Crippen LogP contribution in [0.3, 0.4) is 0 Å². The molecule has 0 radical (unpaired) electrons. The Hall–Kier alpha value is -0.910. The van der Waals surface area contributed by atoms with Crippen LogP contribution in [0.25, 0.3) is 0 Å². The molecule has 6 heteroatoms. The smallest absolute Gasteiger partial charge is 0.342 e. The van der Waals surface area contributed by atoms with Gasteiger partial charge in [-0.3, -0.25) is 5.84 Å². The molecule has 0 saturated heterocycles. The maximum atomic E-state index is 13.0. The third-order valence-corrected chi connectivity index (χ3v) is 2.30. The van der Waals surface area contributed by atoms with E-state index in [1.54, 1.807) is 12.1 Å². The van der Waals surface area contributed by atoms with E-state index < -0.39 is 11.4 Å². The summed E-state index contributed by atoms with van der Waals surface area (Å²) in [4.78, 5) is 0. The van der Waals surface area contributed by atoms with Crippen molar-refractivity contribution >= 4 is 11.6 Å². The van der Waals surface area contributed by atoms with Crippen LogP contribution in [0.5, 0.6) is 5.75 Å². The summed E-state index contributed by atoms with van der Waals surface area (Å²) in [6, 6.07) is 4.76. The highest BCUT2D eigenvalue weighted by atomic mass is 35.5. The van der Waals surface area contributed by atoms with Crippen molar-refractivity contribution in [2.45, 2.75) is 31.4 Å². The Balaban J connectivity index is 2.86. The quantitative estimate of drug-likeness (QED) is 0.488. The molecule has 1 aromatic rings. The number of hydrogen-bond acceptors (Lipinski definition) is 3. The zero-order chi connectivity index (χ0) is 13.1. The maximum Gasteiger partial charge on any atom is 0.342 e. The molecule has 0 bridgehead atoms. The molecule has 0 aliphatic carbocycles. The number of rotatable bonds is 5. The van der Waals surface area contributed by atoms with Crippen molar-refractivity contribution in [3.63, 3.8) is 0 Å². The van der Waals surface area contributed by atoms with Gasteiger partial charge in [-0.05, 0) is 43.1 Å². The Morgan fingerprint density at radius 2 is 1.82 bits per heavy atom. The lowest BCUT2D eigenvalue weighted by Gasteiger charge is -2.21. The van der Waals surface area contributed by atoms with Crippen LogP contribution in [0.4, 0.5) is 8.78 Å².